The topological polar surface area (TPSA) is 56.1 Å². The molecular formula is C25H29N3O. The first-order valence-electron chi connectivity index (χ1n) is 10.00. The van der Waals surface area contributed by atoms with Crippen molar-refractivity contribution in [3.8, 4) is 6.07 Å². The predicted molar refractivity (Wildman–Crippen MR) is 120 cm³/mol. The van der Waals surface area contributed by atoms with Crippen LogP contribution in [0.1, 0.15) is 55.4 Å². The quantitative estimate of drug-likeness (QED) is 0.553. The van der Waals surface area contributed by atoms with Crippen LogP contribution in [-0.4, -0.2) is 18.5 Å². The van der Waals surface area contributed by atoms with Crippen molar-refractivity contribution in [2.45, 2.75) is 52.5 Å². The van der Waals surface area contributed by atoms with Crippen molar-refractivity contribution in [3.63, 3.8) is 0 Å². The van der Waals surface area contributed by atoms with Crippen molar-refractivity contribution >= 4 is 23.4 Å². The van der Waals surface area contributed by atoms with Gasteiger partial charge < -0.3 is 10.2 Å². The standard InChI is InChI=1S/C25H29N3O/c1-16-9-17(2)11-21(10-16)27-24(29)20(15-26)12-19-7-8-23-22(13-19)18(3)14-25(4,5)28(23)6/h7-13,18H,14H2,1-6H3,(H,27,29)/b20-12-/t18-/m0/s1. The second-order valence-electron chi connectivity index (χ2n) is 8.80. The number of carbonyl (C=O) groups is 1. The summed E-state index contributed by atoms with van der Waals surface area (Å²) in [5.74, 6) is 0.0284. The van der Waals surface area contributed by atoms with E-state index in [9.17, 15) is 10.1 Å². The Morgan fingerprint density at radius 3 is 2.48 bits per heavy atom. The number of anilines is 2. The van der Waals surface area contributed by atoms with Crippen LogP contribution in [0.4, 0.5) is 11.4 Å². The molecule has 2 aromatic rings. The fourth-order valence-corrected chi connectivity index (χ4v) is 4.25. The zero-order valence-corrected chi connectivity index (χ0v) is 18.1. The minimum atomic E-state index is -0.387. The molecule has 29 heavy (non-hydrogen) atoms. The third-order valence-electron chi connectivity index (χ3n) is 5.81. The molecule has 0 aliphatic carbocycles. The number of aryl methyl sites for hydroxylation is 2. The number of amides is 1. The number of hydrogen-bond donors (Lipinski definition) is 1. The van der Waals surface area contributed by atoms with Gasteiger partial charge in [-0.1, -0.05) is 19.1 Å². The van der Waals surface area contributed by atoms with Crippen molar-refractivity contribution in [1.82, 2.24) is 0 Å². The molecule has 0 radical (unpaired) electrons. The lowest BCUT2D eigenvalue weighted by molar-refractivity contribution is -0.112. The maximum absolute atomic E-state index is 12.7. The van der Waals surface area contributed by atoms with Crippen LogP contribution in [-0.2, 0) is 4.79 Å². The van der Waals surface area contributed by atoms with Crippen molar-refractivity contribution in [3.05, 3.63) is 64.2 Å². The van der Waals surface area contributed by atoms with Crippen LogP contribution in [0.2, 0.25) is 0 Å². The second kappa shape index (κ2) is 7.75. The number of nitrogens with zero attached hydrogens (tertiary/aromatic N) is 2. The van der Waals surface area contributed by atoms with Gasteiger partial charge in [0.05, 0.1) is 0 Å². The van der Waals surface area contributed by atoms with Gasteiger partial charge in [0, 0.05) is 24.0 Å². The molecule has 1 heterocycles. The molecule has 3 rings (SSSR count). The molecule has 1 N–H and O–H groups in total. The molecule has 0 spiro atoms. The molecule has 0 bridgehead atoms. The summed E-state index contributed by atoms with van der Waals surface area (Å²) >= 11 is 0. The van der Waals surface area contributed by atoms with Crippen LogP contribution < -0.4 is 10.2 Å². The van der Waals surface area contributed by atoms with Crippen molar-refractivity contribution in [2.75, 3.05) is 17.3 Å². The van der Waals surface area contributed by atoms with Gasteiger partial charge in [-0.2, -0.15) is 5.26 Å². The molecule has 1 aliphatic rings. The highest BCUT2D eigenvalue weighted by molar-refractivity contribution is 6.09. The molecule has 0 fully saturated rings. The smallest absolute Gasteiger partial charge is 0.266 e. The third kappa shape index (κ3) is 4.35. The average molecular weight is 388 g/mol. The zero-order valence-electron chi connectivity index (χ0n) is 18.1. The van der Waals surface area contributed by atoms with E-state index >= 15 is 0 Å². The molecule has 4 nitrogen and oxygen atoms in total. The Morgan fingerprint density at radius 1 is 1.21 bits per heavy atom. The summed E-state index contributed by atoms with van der Waals surface area (Å²) in [7, 11) is 2.12. The van der Waals surface area contributed by atoms with E-state index in [1.54, 1.807) is 6.08 Å². The Morgan fingerprint density at radius 2 is 1.86 bits per heavy atom. The van der Waals surface area contributed by atoms with Gasteiger partial charge in [0.15, 0.2) is 0 Å². The molecule has 0 saturated heterocycles. The summed E-state index contributed by atoms with van der Waals surface area (Å²) in [6, 6.07) is 14.1. The summed E-state index contributed by atoms with van der Waals surface area (Å²) in [4.78, 5) is 15.0. The molecule has 1 aliphatic heterocycles. The van der Waals surface area contributed by atoms with E-state index < -0.39 is 0 Å². The minimum Gasteiger partial charge on any atom is -0.369 e. The number of benzene rings is 2. The molecule has 0 unspecified atom stereocenters. The fourth-order valence-electron chi connectivity index (χ4n) is 4.25. The highest BCUT2D eigenvalue weighted by atomic mass is 16.1. The van der Waals surface area contributed by atoms with E-state index in [0.717, 1.165) is 23.1 Å². The van der Waals surface area contributed by atoms with Gasteiger partial charge in [-0.3, -0.25) is 4.79 Å². The normalized spacial score (nSPS) is 18.0. The Kier molecular flexibility index (Phi) is 5.53. The van der Waals surface area contributed by atoms with E-state index in [1.165, 1.54) is 11.3 Å². The number of nitriles is 1. The first-order valence-corrected chi connectivity index (χ1v) is 10.00. The van der Waals surface area contributed by atoms with Gasteiger partial charge >= 0.3 is 0 Å². The largest absolute Gasteiger partial charge is 0.369 e. The number of nitrogens with one attached hydrogen (secondary N) is 1. The van der Waals surface area contributed by atoms with Gasteiger partial charge in [0.25, 0.3) is 5.91 Å². The van der Waals surface area contributed by atoms with Gasteiger partial charge in [-0.05, 0) is 92.6 Å². The van der Waals surface area contributed by atoms with Crippen LogP contribution in [0.25, 0.3) is 6.08 Å². The lowest BCUT2D eigenvalue weighted by atomic mass is 9.80. The summed E-state index contributed by atoms with van der Waals surface area (Å²) in [6.07, 6.45) is 2.73. The van der Waals surface area contributed by atoms with Crippen LogP contribution in [0.15, 0.2) is 42.0 Å². The molecular weight excluding hydrogens is 358 g/mol. The fraction of sp³-hybridized carbons (Fsp3) is 0.360. The van der Waals surface area contributed by atoms with Crippen molar-refractivity contribution in [1.29, 1.82) is 5.26 Å². The molecule has 2 aromatic carbocycles. The van der Waals surface area contributed by atoms with Gasteiger partial charge in [0.1, 0.15) is 11.6 Å². The molecule has 1 amide bonds. The van der Waals surface area contributed by atoms with Crippen molar-refractivity contribution in [2.24, 2.45) is 0 Å². The highest BCUT2D eigenvalue weighted by Crippen LogP contribution is 2.42. The van der Waals surface area contributed by atoms with E-state index in [-0.39, 0.29) is 17.0 Å². The summed E-state index contributed by atoms with van der Waals surface area (Å²) in [5.41, 5.74) is 6.38. The maximum Gasteiger partial charge on any atom is 0.266 e. The maximum atomic E-state index is 12.7. The van der Waals surface area contributed by atoms with E-state index in [4.69, 9.17) is 0 Å². The second-order valence-corrected chi connectivity index (χ2v) is 8.80. The minimum absolute atomic E-state index is 0.0984. The van der Waals surface area contributed by atoms with Crippen LogP contribution in [0.5, 0.6) is 0 Å². The summed E-state index contributed by atoms with van der Waals surface area (Å²) in [6.45, 7) is 10.7. The first kappa shape index (κ1) is 20.7. The predicted octanol–water partition coefficient (Wildman–Crippen LogP) is 5.57. The number of rotatable bonds is 3. The Balaban J connectivity index is 1.89. The number of fused-ring (bicyclic) bond motifs is 1. The van der Waals surface area contributed by atoms with Crippen molar-refractivity contribution < 1.29 is 4.79 Å². The average Bonchev–Trinajstić information content (AvgIpc) is 2.63. The molecule has 1 atom stereocenters. The molecule has 0 aromatic heterocycles. The van der Waals surface area contributed by atoms with Gasteiger partial charge in [-0.25, -0.2) is 0 Å². The zero-order chi connectivity index (χ0) is 21.3. The van der Waals surface area contributed by atoms with Crippen LogP contribution in [0.3, 0.4) is 0 Å². The monoisotopic (exact) mass is 387 g/mol. The Hall–Kier alpha value is -3.06. The Bertz CT molecular complexity index is 1010. The summed E-state index contributed by atoms with van der Waals surface area (Å²) in [5, 5.41) is 12.4. The lowest BCUT2D eigenvalue weighted by Gasteiger charge is -2.45. The molecule has 4 heteroatoms. The van der Waals surface area contributed by atoms with Crippen LogP contribution in [0, 0.1) is 25.2 Å². The van der Waals surface area contributed by atoms with E-state index in [2.05, 4.69) is 56.2 Å². The first-order chi connectivity index (χ1) is 13.6. The molecule has 0 saturated carbocycles. The third-order valence-corrected chi connectivity index (χ3v) is 5.81. The SMILES string of the molecule is Cc1cc(C)cc(NC(=O)/C(C#N)=C\c2ccc3c(c2)[C@@H](C)CC(C)(C)N3C)c1. The van der Waals surface area contributed by atoms with Gasteiger partial charge in [0.2, 0.25) is 0 Å². The van der Waals surface area contributed by atoms with E-state index in [1.807, 2.05) is 38.1 Å². The van der Waals surface area contributed by atoms with Gasteiger partial charge in [-0.15, -0.1) is 0 Å². The summed E-state index contributed by atoms with van der Waals surface area (Å²) < 4.78 is 0. The molecule has 150 valence electrons. The Labute approximate surface area is 173 Å². The lowest BCUT2D eigenvalue weighted by Crippen LogP contribution is -2.45. The number of hydrogen-bond acceptors (Lipinski definition) is 3. The highest BCUT2D eigenvalue weighted by Gasteiger charge is 2.33. The number of carbonyl (C=O) groups excluding carboxylic acids is 1. The van der Waals surface area contributed by atoms with Crippen LogP contribution >= 0.6 is 0 Å². The van der Waals surface area contributed by atoms with E-state index in [0.29, 0.717) is 11.6 Å².